The maximum absolute atomic E-state index is 14.0. The lowest BCUT2D eigenvalue weighted by Crippen LogP contribution is -2.19. The summed E-state index contributed by atoms with van der Waals surface area (Å²) in [4.78, 5) is 0. The highest BCUT2D eigenvalue weighted by molar-refractivity contribution is 5.31. The minimum Gasteiger partial charge on any atom is -0.488 e. The standard InChI is InChI=1S/C16H24FNO2/c1-3-8-18-12(2)13-6-7-16(15(17)10-13)20-11-14-5-4-9-19-14/h6-7,10,12,14,18H,3-5,8-9,11H2,1-2H3. The van der Waals surface area contributed by atoms with Crippen molar-refractivity contribution in [2.24, 2.45) is 0 Å². The zero-order chi connectivity index (χ0) is 14.4. The minimum absolute atomic E-state index is 0.110. The molecule has 112 valence electrons. The van der Waals surface area contributed by atoms with E-state index < -0.39 is 0 Å². The molecule has 2 rings (SSSR count). The van der Waals surface area contributed by atoms with E-state index in [1.807, 2.05) is 13.0 Å². The maximum atomic E-state index is 14.0. The van der Waals surface area contributed by atoms with Gasteiger partial charge in [-0.15, -0.1) is 0 Å². The van der Waals surface area contributed by atoms with Crippen LogP contribution in [0.2, 0.25) is 0 Å². The van der Waals surface area contributed by atoms with Gasteiger partial charge in [-0.05, 0) is 50.4 Å². The molecule has 0 aliphatic carbocycles. The average Bonchev–Trinajstić information content (AvgIpc) is 2.96. The van der Waals surface area contributed by atoms with E-state index in [0.717, 1.165) is 38.0 Å². The average molecular weight is 281 g/mol. The summed E-state index contributed by atoms with van der Waals surface area (Å²) in [5.41, 5.74) is 0.945. The third-order valence-electron chi connectivity index (χ3n) is 3.61. The third kappa shape index (κ3) is 4.18. The molecule has 1 heterocycles. The van der Waals surface area contributed by atoms with Crippen LogP contribution >= 0.6 is 0 Å². The summed E-state index contributed by atoms with van der Waals surface area (Å²) in [5, 5.41) is 3.34. The Morgan fingerprint density at radius 2 is 2.35 bits per heavy atom. The normalized spacial score (nSPS) is 20.1. The Balaban J connectivity index is 1.91. The van der Waals surface area contributed by atoms with Crippen molar-refractivity contribution >= 4 is 0 Å². The predicted octanol–water partition coefficient (Wildman–Crippen LogP) is 3.44. The molecule has 0 aromatic heterocycles. The zero-order valence-electron chi connectivity index (χ0n) is 12.3. The van der Waals surface area contributed by atoms with Crippen LogP contribution in [0.3, 0.4) is 0 Å². The van der Waals surface area contributed by atoms with Gasteiger partial charge in [0.15, 0.2) is 11.6 Å². The monoisotopic (exact) mass is 281 g/mol. The highest BCUT2D eigenvalue weighted by Gasteiger charge is 2.17. The van der Waals surface area contributed by atoms with E-state index in [4.69, 9.17) is 9.47 Å². The number of rotatable bonds is 7. The highest BCUT2D eigenvalue weighted by atomic mass is 19.1. The molecule has 1 aromatic carbocycles. The Morgan fingerprint density at radius 3 is 3.00 bits per heavy atom. The van der Waals surface area contributed by atoms with E-state index in [0.29, 0.717) is 12.4 Å². The first-order valence-corrected chi connectivity index (χ1v) is 7.48. The molecule has 3 nitrogen and oxygen atoms in total. The summed E-state index contributed by atoms with van der Waals surface area (Å²) in [5.74, 6) is 0.0117. The predicted molar refractivity (Wildman–Crippen MR) is 77.6 cm³/mol. The van der Waals surface area contributed by atoms with Crippen LogP contribution in [0.15, 0.2) is 18.2 Å². The van der Waals surface area contributed by atoms with Crippen molar-refractivity contribution in [3.05, 3.63) is 29.6 Å². The number of benzene rings is 1. The SMILES string of the molecule is CCCNC(C)c1ccc(OCC2CCCO2)c(F)c1. The van der Waals surface area contributed by atoms with Gasteiger partial charge < -0.3 is 14.8 Å². The largest absolute Gasteiger partial charge is 0.488 e. The molecule has 1 fully saturated rings. The molecular weight excluding hydrogens is 257 g/mol. The van der Waals surface area contributed by atoms with Crippen LogP contribution in [0.1, 0.15) is 44.7 Å². The van der Waals surface area contributed by atoms with Crippen molar-refractivity contribution in [2.75, 3.05) is 19.8 Å². The highest BCUT2D eigenvalue weighted by Crippen LogP contribution is 2.23. The quantitative estimate of drug-likeness (QED) is 0.830. The number of hydrogen-bond donors (Lipinski definition) is 1. The first-order chi connectivity index (χ1) is 9.70. The Kier molecular flexibility index (Phi) is 5.80. The second-order valence-electron chi connectivity index (χ2n) is 5.31. The van der Waals surface area contributed by atoms with Crippen LogP contribution in [0, 0.1) is 5.82 Å². The number of ether oxygens (including phenoxy) is 2. The molecule has 1 N–H and O–H groups in total. The Bertz CT molecular complexity index is 419. The molecule has 0 saturated carbocycles. The van der Waals surface area contributed by atoms with Crippen molar-refractivity contribution in [2.45, 2.75) is 45.3 Å². The van der Waals surface area contributed by atoms with E-state index in [1.165, 1.54) is 0 Å². The topological polar surface area (TPSA) is 30.5 Å². The van der Waals surface area contributed by atoms with Gasteiger partial charge in [-0.3, -0.25) is 0 Å². The summed E-state index contributed by atoms with van der Waals surface area (Å²) in [7, 11) is 0. The molecule has 0 bridgehead atoms. The number of nitrogens with one attached hydrogen (secondary N) is 1. The number of halogens is 1. The van der Waals surface area contributed by atoms with E-state index in [1.54, 1.807) is 12.1 Å². The fourth-order valence-corrected chi connectivity index (χ4v) is 2.34. The fourth-order valence-electron chi connectivity index (χ4n) is 2.34. The first kappa shape index (κ1) is 15.3. The zero-order valence-corrected chi connectivity index (χ0v) is 12.3. The molecule has 4 heteroatoms. The fraction of sp³-hybridized carbons (Fsp3) is 0.625. The minimum atomic E-state index is -0.300. The smallest absolute Gasteiger partial charge is 0.165 e. The third-order valence-corrected chi connectivity index (χ3v) is 3.61. The Labute approximate surface area is 120 Å². The molecule has 1 saturated heterocycles. The lowest BCUT2D eigenvalue weighted by molar-refractivity contribution is 0.0665. The van der Waals surface area contributed by atoms with E-state index in [9.17, 15) is 4.39 Å². The van der Waals surface area contributed by atoms with Gasteiger partial charge in [-0.25, -0.2) is 4.39 Å². The summed E-state index contributed by atoms with van der Waals surface area (Å²) >= 11 is 0. The molecular formula is C16H24FNO2. The van der Waals surface area contributed by atoms with Gasteiger partial charge in [0.25, 0.3) is 0 Å². The van der Waals surface area contributed by atoms with Gasteiger partial charge in [0.2, 0.25) is 0 Å². The van der Waals surface area contributed by atoms with E-state index in [-0.39, 0.29) is 18.0 Å². The van der Waals surface area contributed by atoms with Gasteiger partial charge >= 0.3 is 0 Å². The lowest BCUT2D eigenvalue weighted by atomic mass is 10.1. The Morgan fingerprint density at radius 1 is 1.50 bits per heavy atom. The van der Waals surface area contributed by atoms with Crippen LogP contribution in [0.5, 0.6) is 5.75 Å². The van der Waals surface area contributed by atoms with Gasteiger partial charge in [0, 0.05) is 12.6 Å². The van der Waals surface area contributed by atoms with Gasteiger partial charge in [-0.1, -0.05) is 13.0 Å². The summed E-state index contributed by atoms with van der Waals surface area (Å²) in [6.45, 7) is 6.30. The van der Waals surface area contributed by atoms with Gasteiger partial charge in [0.05, 0.1) is 6.10 Å². The van der Waals surface area contributed by atoms with Crippen molar-refractivity contribution in [1.29, 1.82) is 0 Å². The van der Waals surface area contributed by atoms with Gasteiger partial charge in [0.1, 0.15) is 6.61 Å². The van der Waals surface area contributed by atoms with Crippen molar-refractivity contribution < 1.29 is 13.9 Å². The maximum Gasteiger partial charge on any atom is 0.165 e. The van der Waals surface area contributed by atoms with Crippen LogP contribution in [-0.4, -0.2) is 25.9 Å². The molecule has 20 heavy (non-hydrogen) atoms. The second-order valence-corrected chi connectivity index (χ2v) is 5.31. The molecule has 0 spiro atoms. The van der Waals surface area contributed by atoms with Crippen molar-refractivity contribution in [3.8, 4) is 5.75 Å². The van der Waals surface area contributed by atoms with Gasteiger partial charge in [-0.2, -0.15) is 0 Å². The van der Waals surface area contributed by atoms with Crippen molar-refractivity contribution in [3.63, 3.8) is 0 Å². The molecule has 1 aliphatic rings. The second kappa shape index (κ2) is 7.60. The number of hydrogen-bond acceptors (Lipinski definition) is 3. The molecule has 0 amide bonds. The molecule has 1 aromatic rings. The summed E-state index contributed by atoms with van der Waals surface area (Å²) in [6, 6.07) is 5.33. The lowest BCUT2D eigenvalue weighted by Gasteiger charge is -2.16. The summed E-state index contributed by atoms with van der Waals surface area (Å²) in [6.07, 6.45) is 3.24. The molecule has 2 unspecified atom stereocenters. The molecule has 2 atom stereocenters. The van der Waals surface area contributed by atoms with Crippen LogP contribution < -0.4 is 10.1 Å². The van der Waals surface area contributed by atoms with Crippen LogP contribution in [-0.2, 0) is 4.74 Å². The summed E-state index contributed by atoms with van der Waals surface area (Å²) < 4.78 is 25.0. The first-order valence-electron chi connectivity index (χ1n) is 7.48. The van der Waals surface area contributed by atoms with E-state index in [2.05, 4.69) is 12.2 Å². The Hall–Kier alpha value is -1.13. The van der Waals surface area contributed by atoms with Crippen molar-refractivity contribution in [1.82, 2.24) is 5.32 Å². The molecule has 1 aliphatic heterocycles. The van der Waals surface area contributed by atoms with Crippen LogP contribution in [0.4, 0.5) is 4.39 Å². The van der Waals surface area contributed by atoms with E-state index >= 15 is 0 Å². The molecule has 0 radical (unpaired) electrons. The van der Waals surface area contributed by atoms with Crippen LogP contribution in [0.25, 0.3) is 0 Å².